The van der Waals surface area contributed by atoms with Crippen LogP contribution in [-0.4, -0.2) is 58.8 Å². The summed E-state index contributed by atoms with van der Waals surface area (Å²) in [5.74, 6) is -0.184. The van der Waals surface area contributed by atoms with Gasteiger partial charge in [0.05, 0.1) is 5.69 Å². The first-order valence-electron chi connectivity index (χ1n) is 10.2. The molecule has 3 rings (SSSR count). The highest BCUT2D eigenvalue weighted by Crippen LogP contribution is 2.13. The normalized spacial score (nSPS) is 15.9. The zero-order chi connectivity index (χ0) is 20.8. The SMILES string of the molecule is Cc1cccc(C(=O)N[C@H](C(=O)N2CCN(Cc3ccccn3)CC2)C(C)C)c1. The number of pyridine rings is 1. The van der Waals surface area contributed by atoms with Gasteiger partial charge in [0.25, 0.3) is 5.91 Å². The third kappa shape index (κ3) is 5.64. The second-order valence-electron chi connectivity index (χ2n) is 7.99. The minimum absolute atomic E-state index is 0.00140. The number of hydrogen-bond acceptors (Lipinski definition) is 4. The molecule has 1 aromatic heterocycles. The van der Waals surface area contributed by atoms with Gasteiger partial charge in [0, 0.05) is 44.5 Å². The van der Waals surface area contributed by atoms with E-state index in [0.29, 0.717) is 18.7 Å². The quantitative estimate of drug-likeness (QED) is 0.818. The number of rotatable bonds is 6. The van der Waals surface area contributed by atoms with Crippen molar-refractivity contribution >= 4 is 11.8 Å². The molecule has 1 N–H and O–H groups in total. The highest BCUT2D eigenvalue weighted by Gasteiger charge is 2.31. The fourth-order valence-electron chi connectivity index (χ4n) is 3.57. The Kier molecular flexibility index (Phi) is 6.99. The zero-order valence-electron chi connectivity index (χ0n) is 17.5. The Hall–Kier alpha value is -2.73. The van der Waals surface area contributed by atoms with Gasteiger partial charge in [-0.2, -0.15) is 0 Å². The number of piperazine rings is 1. The van der Waals surface area contributed by atoms with E-state index < -0.39 is 6.04 Å². The first-order chi connectivity index (χ1) is 13.9. The summed E-state index contributed by atoms with van der Waals surface area (Å²) in [5.41, 5.74) is 2.65. The number of nitrogens with zero attached hydrogens (tertiary/aromatic N) is 3. The highest BCUT2D eigenvalue weighted by atomic mass is 16.2. The van der Waals surface area contributed by atoms with Crippen molar-refractivity contribution in [2.45, 2.75) is 33.4 Å². The summed E-state index contributed by atoms with van der Waals surface area (Å²) in [4.78, 5) is 34.3. The summed E-state index contributed by atoms with van der Waals surface area (Å²) in [7, 11) is 0. The standard InChI is InChI=1S/C23H30N4O2/c1-17(2)21(25-22(28)19-8-6-7-18(3)15-19)23(29)27-13-11-26(12-14-27)16-20-9-4-5-10-24-20/h4-10,15,17,21H,11-14,16H2,1-3H3,(H,25,28)/t21-/m0/s1. The molecule has 6 heteroatoms. The largest absolute Gasteiger partial charge is 0.340 e. The van der Waals surface area contributed by atoms with Crippen molar-refractivity contribution in [2.24, 2.45) is 5.92 Å². The van der Waals surface area contributed by atoms with Crippen molar-refractivity contribution < 1.29 is 9.59 Å². The van der Waals surface area contributed by atoms with E-state index in [2.05, 4.69) is 15.2 Å². The summed E-state index contributed by atoms with van der Waals surface area (Å²) >= 11 is 0. The molecule has 0 aliphatic carbocycles. The van der Waals surface area contributed by atoms with E-state index in [-0.39, 0.29) is 17.7 Å². The van der Waals surface area contributed by atoms with Gasteiger partial charge < -0.3 is 10.2 Å². The molecule has 0 spiro atoms. The second kappa shape index (κ2) is 9.65. The topological polar surface area (TPSA) is 65.5 Å². The molecule has 2 amide bonds. The fourth-order valence-corrected chi connectivity index (χ4v) is 3.57. The summed E-state index contributed by atoms with van der Waals surface area (Å²) in [6.07, 6.45) is 1.80. The van der Waals surface area contributed by atoms with Gasteiger partial charge >= 0.3 is 0 Å². The van der Waals surface area contributed by atoms with Gasteiger partial charge in [-0.1, -0.05) is 37.6 Å². The molecule has 2 aromatic rings. The molecular weight excluding hydrogens is 364 g/mol. The number of hydrogen-bond donors (Lipinski definition) is 1. The molecule has 2 heterocycles. The Morgan fingerprint density at radius 2 is 1.83 bits per heavy atom. The van der Waals surface area contributed by atoms with E-state index >= 15 is 0 Å². The van der Waals surface area contributed by atoms with Crippen molar-refractivity contribution in [1.29, 1.82) is 0 Å². The third-order valence-corrected chi connectivity index (χ3v) is 5.30. The number of nitrogens with one attached hydrogen (secondary N) is 1. The van der Waals surface area contributed by atoms with Crippen molar-refractivity contribution in [3.05, 3.63) is 65.5 Å². The molecule has 1 saturated heterocycles. The average Bonchev–Trinajstić information content (AvgIpc) is 2.72. The van der Waals surface area contributed by atoms with Crippen LogP contribution in [0.4, 0.5) is 0 Å². The molecule has 154 valence electrons. The molecule has 0 bridgehead atoms. The van der Waals surface area contributed by atoms with Crippen molar-refractivity contribution in [3.8, 4) is 0 Å². The van der Waals surface area contributed by atoms with Crippen LogP contribution in [0.3, 0.4) is 0 Å². The van der Waals surface area contributed by atoms with Gasteiger partial charge in [0.15, 0.2) is 0 Å². The number of aryl methyl sites for hydroxylation is 1. The molecule has 29 heavy (non-hydrogen) atoms. The monoisotopic (exact) mass is 394 g/mol. The summed E-state index contributed by atoms with van der Waals surface area (Å²) in [6, 6.07) is 12.8. The zero-order valence-corrected chi connectivity index (χ0v) is 17.5. The van der Waals surface area contributed by atoms with Gasteiger partial charge in [-0.05, 0) is 37.1 Å². The number of carbonyl (C=O) groups is 2. The Bertz CT molecular complexity index is 830. The Morgan fingerprint density at radius 1 is 1.07 bits per heavy atom. The van der Waals surface area contributed by atoms with Crippen molar-refractivity contribution in [1.82, 2.24) is 20.1 Å². The van der Waals surface area contributed by atoms with Crippen LogP contribution in [-0.2, 0) is 11.3 Å². The average molecular weight is 395 g/mol. The van der Waals surface area contributed by atoms with E-state index in [1.54, 1.807) is 12.3 Å². The van der Waals surface area contributed by atoms with E-state index in [4.69, 9.17) is 0 Å². The van der Waals surface area contributed by atoms with E-state index in [1.807, 2.05) is 62.1 Å². The van der Waals surface area contributed by atoms with Crippen LogP contribution in [0, 0.1) is 12.8 Å². The molecule has 0 radical (unpaired) electrons. The van der Waals surface area contributed by atoms with Crippen LogP contribution in [0.25, 0.3) is 0 Å². The van der Waals surface area contributed by atoms with Gasteiger partial charge in [0.2, 0.25) is 5.91 Å². The molecule has 1 atom stereocenters. The van der Waals surface area contributed by atoms with Gasteiger partial charge in [-0.3, -0.25) is 19.5 Å². The predicted molar refractivity (Wildman–Crippen MR) is 113 cm³/mol. The number of aromatic nitrogens is 1. The van der Waals surface area contributed by atoms with Gasteiger partial charge in [-0.15, -0.1) is 0 Å². The van der Waals surface area contributed by atoms with Crippen molar-refractivity contribution in [3.63, 3.8) is 0 Å². The summed E-state index contributed by atoms with van der Waals surface area (Å²) in [5, 5.41) is 2.95. The maximum absolute atomic E-state index is 13.1. The van der Waals surface area contributed by atoms with Crippen LogP contribution >= 0.6 is 0 Å². The Morgan fingerprint density at radius 3 is 2.45 bits per heavy atom. The lowest BCUT2D eigenvalue weighted by atomic mass is 10.0. The highest BCUT2D eigenvalue weighted by molar-refractivity contribution is 5.97. The number of amides is 2. The van der Waals surface area contributed by atoms with Crippen LogP contribution in [0.5, 0.6) is 0 Å². The molecular formula is C23H30N4O2. The Labute approximate surface area is 172 Å². The van der Waals surface area contributed by atoms with Crippen LogP contribution in [0.1, 0.15) is 35.5 Å². The Balaban J connectivity index is 1.57. The van der Waals surface area contributed by atoms with Crippen LogP contribution < -0.4 is 5.32 Å². The van der Waals surface area contributed by atoms with Gasteiger partial charge in [-0.25, -0.2) is 0 Å². The van der Waals surface area contributed by atoms with E-state index in [9.17, 15) is 9.59 Å². The number of benzene rings is 1. The van der Waals surface area contributed by atoms with E-state index in [1.165, 1.54) is 0 Å². The molecule has 1 fully saturated rings. The minimum Gasteiger partial charge on any atom is -0.340 e. The number of carbonyl (C=O) groups excluding carboxylic acids is 2. The molecule has 0 saturated carbocycles. The van der Waals surface area contributed by atoms with Gasteiger partial charge in [0.1, 0.15) is 6.04 Å². The lowest BCUT2D eigenvalue weighted by molar-refractivity contribution is -0.136. The maximum Gasteiger partial charge on any atom is 0.251 e. The molecule has 1 aliphatic heterocycles. The predicted octanol–water partition coefficient (Wildman–Crippen LogP) is 2.49. The smallest absolute Gasteiger partial charge is 0.251 e. The maximum atomic E-state index is 13.1. The first kappa shape index (κ1) is 21.0. The fraction of sp³-hybridized carbons (Fsp3) is 0.435. The molecule has 1 aromatic carbocycles. The first-order valence-corrected chi connectivity index (χ1v) is 10.2. The van der Waals surface area contributed by atoms with E-state index in [0.717, 1.165) is 30.9 Å². The second-order valence-corrected chi connectivity index (χ2v) is 7.99. The summed E-state index contributed by atoms with van der Waals surface area (Å²) in [6.45, 7) is 9.61. The molecule has 0 unspecified atom stereocenters. The lowest BCUT2D eigenvalue weighted by Crippen LogP contribution is -2.56. The van der Waals surface area contributed by atoms with Crippen molar-refractivity contribution in [2.75, 3.05) is 26.2 Å². The molecule has 6 nitrogen and oxygen atoms in total. The minimum atomic E-state index is -0.523. The third-order valence-electron chi connectivity index (χ3n) is 5.30. The molecule has 1 aliphatic rings. The lowest BCUT2D eigenvalue weighted by Gasteiger charge is -2.37. The van der Waals surface area contributed by atoms with Crippen LogP contribution in [0.2, 0.25) is 0 Å². The van der Waals surface area contributed by atoms with Crippen LogP contribution in [0.15, 0.2) is 48.7 Å². The summed E-state index contributed by atoms with van der Waals surface area (Å²) < 4.78 is 0.